The molecule has 186 valence electrons. The van der Waals surface area contributed by atoms with Gasteiger partial charge in [0.15, 0.2) is 0 Å². The number of hydrogen-bond acceptors (Lipinski definition) is 4. The van der Waals surface area contributed by atoms with Gasteiger partial charge in [0, 0.05) is 12.0 Å². The molecule has 3 N–H and O–H groups in total. The Labute approximate surface area is 205 Å². The highest BCUT2D eigenvalue weighted by Crippen LogP contribution is 2.24. The van der Waals surface area contributed by atoms with Crippen LogP contribution in [0, 0.1) is 5.82 Å². The van der Waals surface area contributed by atoms with E-state index in [2.05, 4.69) is 10.6 Å². The summed E-state index contributed by atoms with van der Waals surface area (Å²) >= 11 is 6.34. The molecule has 0 bridgehead atoms. The molecule has 2 aromatic rings. The van der Waals surface area contributed by atoms with Gasteiger partial charge >= 0.3 is 6.09 Å². The quantitative estimate of drug-likeness (QED) is 0.505. The summed E-state index contributed by atoms with van der Waals surface area (Å²) in [5.41, 5.74) is -0.147. The summed E-state index contributed by atoms with van der Waals surface area (Å²) in [7, 11) is 0. The summed E-state index contributed by atoms with van der Waals surface area (Å²) in [5, 5.41) is 16.9. The number of halogens is 2. The van der Waals surface area contributed by atoms with Crippen molar-refractivity contribution in [3.05, 3.63) is 70.0 Å². The van der Waals surface area contributed by atoms with E-state index in [1.807, 2.05) is 20.8 Å². The van der Waals surface area contributed by atoms with Gasteiger partial charge in [-0.15, -0.1) is 0 Å². The number of nitrogens with one attached hydrogen (secondary N) is 2. The third-order valence-corrected chi connectivity index (χ3v) is 5.12. The molecule has 0 unspecified atom stereocenters. The molecule has 2 rings (SSSR count). The zero-order valence-electron chi connectivity index (χ0n) is 20.5. The summed E-state index contributed by atoms with van der Waals surface area (Å²) in [4.78, 5) is 25.4. The van der Waals surface area contributed by atoms with Gasteiger partial charge in [-0.05, 0) is 71.2 Å². The minimum atomic E-state index is -1.16. The van der Waals surface area contributed by atoms with Crippen molar-refractivity contribution in [2.45, 2.75) is 77.7 Å². The molecule has 0 saturated carbocycles. The van der Waals surface area contributed by atoms with Crippen molar-refractivity contribution in [2.75, 3.05) is 0 Å². The Balaban J connectivity index is 2.33. The third-order valence-electron chi connectivity index (χ3n) is 4.81. The number of amides is 2. The molecule has 0 saturated heterocycles. The second kappa shape index (κ2) is 11.2. The van der Waals surface area contributed by atoms with E-state index < -0.39 is 35.2 Å². The minimum Gasteiger partial charge on any atom is -0.444 e. The Morgan fingerprint density at radius 3 is 2.21 bits per heavy atom. The first-order valence-electron chi connectivity index (χ1n) is 11.2. The standard InChI is InChI=1S/C26H34ClFN2O4/c1-25(2,3)30-23(32)22-17(11-9-12-18(22)27)15-21(31)20(29-24(33)34-26(4,5)6)14-16-10-7-8-13-19(16)28/h7-13,20-21,31H,14-15H2,1-6H3,(H,29,33)(H,30,32)/t20-,21-/m1/s1. The second-order valence-corrected chi connectivity index (χ2v) is 10.7. The molecule has 0 heterocycles. The Bertz CT molecular complexity index is 1010. The van der Waals surface area contributed by atoms with Crippen LogP contribution in [0.4, 0.5) is 9.18 Å². The van der Waals surface area contributed by atoms with Gasteiger partial charge in [-0.3, -0.25) is 4.79 Å². The summed E-state index contributed by atoms with van der Waals surface area (Å²) in [6, 6.07) is 10.3. The lowest BCUT2D eigenvalue weighted by Crippen LogP contribution is -2.48. The number of hydrogen-bond donors (Lipinski definition) is 3. The number of benzene rings is 2. The number of aliphatic hydroxyl groups excluding tert-OH is 1. The van der Waals surface area contributed by atoms with E-state index in [0.29, 0.717) is 11.1 Å². The molecule has 8 heteroatoms. The number of alkyl carbamates (subject to hydrolysis) is 1. The van der Waals surface area contributed by atoms with E-state index in [4.69, 9.17) is 16.3 Å². The molecule has 34 heavy (non-hydrogen) atoms. The van der Waals surface area contributed by atoms with Crippen LogP contribution >= 0.6 is 11.6 Å². The second-order valence-electron chi connectivity index (χ2n) is 10.3. The molecule has 6 nitrogen and oxygen atoms in total. The minimum absolute atomic E-state index is 0.00235. The van der Waals surface area contributed by atoms with Crippen LogP contribution in [0.25, 0.3) is 0 Å². The molecule has 0 spiro atoms. The average Bonchev–Trinajstić information content (AvgIpc) is 2.66. The van der Waals surface area contributed by atoms with E-state index >= 15 is 0 Å². The van der Waals surface area contributed by atoms with Gasteiger partial charge in [-0.25, -0.2) is 9.18 Å². The normalized spacial score (nSPS) is 13.7. The summed E-state index contributed by atoms with van der Waals surface area (Å²) in [6.07, 6.45) is -1.86. The highest BCUT2D eigenvalue weighted by Gasteiger charge is 2.28. The van der Waals surface area contributed by atoms with Gasteiger partial charge < -0.3 is 20.5 Å². The fourth-order valence-corrected chi connectivity index (χ4v) is 3.69. The topological polar surface area (TPSA) is 87.7 Å². The van der Waals surface area contributed by atoms with Crippen molar-refractivity contribution < 1.29 is 23.8 Å². The maximum atomic E-state index is 14.3. The molecule has 0 radical (unpaired) electrons. The van der Waals surface area contributed by atoms with E-state index in [1.165, 1.54) is 6.07 Å². The summed E-state index contributed by atoms with van der Waals surface area (Å²) < 4.78 is 19.7. The van der Waals surface area contributed by atoms with Crippen LogP contribution in [0.1, 0.15) is 63.0 Å². The van der Waals surface area contributed by atoms with Crippen molar-refractivity contribution >= 4 is 23.6 Å². The third kappa shape index (κ3) is 8.61. The molecular formula is C26H34ClFN2O4. The highest BCUT2D eigenvalue weighted by atomic mass is 35.5. The molecule has 0 aliphatic carbocycles. The lowest BCUT2D eigenvalue weighted by Gasteiger charge is -2.28. The molecule has 2 aromatic carbocycles. The Hall–Kier alpha value is -2.64. The Morgan fingerprint density at radius 1 is 1.00 bits per heavy atom. The maximum absolute atomic E-state index is 14.3. The van der Waals surface area contributed by atoms with Crippen LogP contribution in [-0.4, -0.2) is 40.4 Å². The summed E-state index contributed by atoms with van der Waals surface area (Å²) in [5.74, 6) is -0.815. The fourth-order valence-electron chi connectivity index (χ4n) is 3.41. The number of carbonyl (C=O) groups excluding carboxylic acids is 2. The van der Waals surface area contributed by atoms with Gasteiger partial charge in [0.25, 0.3) is 5.91 Å². The first kappa shape index (κ1) is 27.6. The van der Waals surface area contributed by atoms with Crippen LogP contribution in [-0.2, 0) is 17.6 Å². The predicted molar refractivity (Wildman–Crippen MR) is 132 cm³/mol. The van der Waals surface area contributed by atoms with Crippen LogP contribution in [0.15, 0.2) is 42.5 Å². The smallest absolute Gasteiger partial charge is 0.407 e. The van der Waals surface area contributed by atoms with Crippen LogP contribution in [0.3, 0.4) is 0 Å². The lowest BCUT2D eigenvalue weighted by molar-refractivity contribution is 0.0421. The molecular weight excluding hydrogens is 459 g/mol. The largest absolute Gasteiger partial charge is 0.444 e. The highest BCUT2D eigenvalue weighted by molar-refractivity contribution is 6.34. The zero-order chi connectivity index (χ0) is 25.7. The zero-order valence-corrected chi connectivity index (χ0v) is 21.3. The maximum Gasteiger partial charge on any atom is 0.407 e. The van der Waals surface area contributed by atoms with Crippen LogP contribution < -0.4 is 10.6 Å². The molecule has 2 amide bonds. The Morgan fingerprint density at radius 2 is 1.62 bits per heavy atom. The molecule has 0 fully saturated rings. The van der Waals surface area contributed by atoms with E-state index in [0.717, 1.165) is 0 Å². The average molecular weight is 493 g/mol. The number of ether oxygens (including phenoxy) is 1. The number of carbonyl (C=O) groups is 2. The first-order chi connectivity index (χ1) is 15.7. The molecule has 0 aliphatic rings. The van der Waals surface area contributed by atoms with Crippen molar-refractivity contribution in [1.82, 2.24) is 10.6 Å². The number of aliphatic hydroxyl groups is 1. The monoisotopic (exact) mass is 492 g/mol. The van der Waals surface area contributed by atoms with E-state index in [-0.39, 0.29) is 29.3 Å². The van der Waals surface area contributed by atoms with E-state index in [1.54, 1.807) is 57.2 Å². The van der Waals surface area contributed by atoms with Crippen molar-refractivity contribution in [2.24, 2.45) is 0 Å². The lowest BCUT2D eigenvalue weighted by atomic mass is 9.93. The van der Waals surface area contributed by atoms with Gasteiger partial charge in [-0.1, -0.05) is 41.9 Å². The van der Waals surface area contributed by atoms with Crippen molar-refractivity contribution in [3.63, 3.8) is 0 Å². The molecule has 2 atom stereocenters. The van der Waals surface area contributed by atoms with Gasteiger partial charge in [0.05, 0.1) is 22.7 Å². The van der Waals surface area contributed by atoms with Crippen LogP contribution in [0.2, 0.25) is 5.02 Å². The van der Waals surface area contributed by atoms with Crippen molar-refractivity contribution in [3.8, 4) is 0 Å². The van der Waals surface area contributed by atoms with Gasteiger partial charge in [0.1, 0.15) is 11.4 Å². The molecule has 0 aromatic heterocycles. The first-order valence-corrected chi connectivity index (χ1v) is 11.5. The fraction of sp³-hybridized carbons (Fsp3) is 0.462. The molecule has 0 aliphatic heterocycles. The number of rotatable bonds is 7. The van der Waals surface area contributed by atoms with Crippen molar-refractivity contribution in [1.29, 1.82) is 0 Å². The predicted octanol–water partition coefficient (Wildman–Crippen LogP) is 5.05. The summed E-state index contributed by atoms with van der Waals surface area (Å²) in [6.45, 7) is 10.7. The van der Waals surface area contributed by atoms with E-state index in [9.17, 15) is 19.1 Å². The van der Waals surface area contributed by atoms with Gasteiger partial charge in [0.2, 0.25) is 0 Å². The Kier molecular flexibility index (Phi) is 9.08. The van der Waals surface area contributed by atoms with Crippen LogP contribution in [0.5, 0.6) is 0 Å². The van der Waals surface area contributed by atoms with Gasteiger partial charge in [-0.2, -0.15) is 0 Å². The SMILES string of the molecule is CC(C)(C)NC(=O)c1c(Cl)cccc1C[C@@H](O)[C@@H](Cc1ccccc1F)NC(=O)OC(C)(C)C.